The third-order valence-corrected chi connectivity index (χ3v) is 5.09. The maximum atomic E-state index is 12.3. The Morgan fingerprint density at radius 3 is 2.39 bits per heavy atom. The second-order valence-corrected chi connectivity index (χ2v) is 8.71. The summed E-state index contributed by atoms with van der Waals surface area (Å²) >= 11 is 1.63. The fourth-order valence-corrected chi connectivity index (χ4v) is 3.39. The molecule has 0 spiro atoms. The number of thioether (sulfide) groups is 1. The van der Waals surface area contributed by atoms with Gasteiger partial charge in [0.2, 0.25) is 11.8 Å². The van der Waals surface area contributed by atoms with Crippen molar-refractivity contribution in [2.45, 2.75) is 57.7 Å². The molecule has 0 saturated carbocycles. The number of hydrogen-bond donors (Lipinski definition) is 1. The van der Waals surface area contributed by atoms with E-state index in [9.17, 15) is 14.4 Å². The maximum Gasteiger partial charge on any atom is 0.323 e. The van der Waals surface area contributed by atoms with E-state index in [0.717, 1.165) is 12.8 Å². The number of likely N-dealkylation sites (tertiary alicyclic amines) is 1. The number of amides is 2. The molecule has 1 fully saturated rings. The monoisotopic (exact) mass is 344 g/mol. The molecular weight excluding hydrogens is 316 g/mol. The molecule has 1 aliphatic heterocycles. The van der Waals surface area contributed by atoms with Crippen LogP contribution in [-0.2, 0) is 14.4 Å². The summed E-state index contributed by atoms with van der Waals surface area (Å²) < 4.78 is 0.0525. The number of rotatable bonds is 5. The molecule has 0 aromatic heterocycles. The van der Waals surface area contributed by atoms with Crippen LogP contribution in [0.2, 0.25) is 0 Å². The van der Waals surface area contributed by atoms with Gasteiger partial charge in [-0.1, -0.05) is 20.8 Å². The highest BCUT2D eigenvalue weighted by atomic mass is 32.2. The Kier molecular flexibility index (Phi) is 7.38. The van der Waals surface area contributed by atoms with Crippen LogP contribution in [0.5, 0.6) is 0 Å². The standard InChI is InChI=1S/C16H28N2O4S/c1-12(19)18(10-15(21)22)13-6-5-8-17(9-7-13)14(20)11-23-16(2,3)4/h13H,5-11H2,1-4H3,(H,21,22). The highest BCUT2D eigenvalue weighted by Gasteiger charge is 2.27. The van der Waals surface area contributed by atoms with Crippen molar-refractivity contribution in [3.63, 3.8) is 0 Å². The number of hydrogen-bond acceptors (Lipinski definition) is 4. The minimum atomic E-state index is -1.00. The molecule has 1 N–H and O–H groups in total. The van der Waals surface area contributed by atoms with E-state index in [1.807, 2.05) is 4.90 Å². The number of carboxylic acids is 1. The third kappa shape index (κ3) is 7.24. The van der Waals surface area contributed by atoms with Crippen LogP contribution in [0.25, 0.3) is 0 Å². The molecule has 1 atom stereocenters. The Morgan fingerprint density at radius 2 is 1.87 bits per heavy atom. The first-order valence-corrected chi connectivity index (χ1v) is 8.99. The predicted octanol–water partition coefficient (Wildman–Crippen LogP) is 1.83. The number of nitrogens with zero attached hydrogens (tertiary/aromatic N) is 2. The Balaban J connectivity index is 2.59. The van der Waals surface area contributed by atoms with E-state index in [2.05, 4.69) is 20.8 Å². The van der Waals surface area contributed by atoms with Gasteiger partial charge in [-0.15, -0.1) is 11.8 Å². The minimum absolute atomic E-state index is 0.0525. The van der Waals surface area contributed by atoms with Crippen LogP contribution in [-0.4, -0.2) is 68.9 Å². The van der Waals surface area contributed by atoms with Gasteiger partial charge in [0.25, 0.3) is 0 Å². The van der Waals surface area contributed by atoms with Gasteiger partial charge in [0, 0.05) is 30.8 Å². The van der Waals surface area contributed by atoms with Gasteiger partial charge in [-0.25, -0.2) is 0 Å². The molecule has 2 amide bonds. The molecule has 1 heterocycles. The van der Waals surface area contributed by atoms with Crippen LogP contribution < -0.4 is 0 Å². The van der Waals surface area contributed by atoms with E-state index in [0.29, 0.717) is 25.3 Å². The van der Waals surface area contributed by atoms with Crippen LogP contribution in [0.3, 0.4) is 0 Å². The number of carbonyl (C=O) groups is 3. The minimum Gasteiger partial charge on any atom is -0.480 e. The first-order chi connectivity index (χ1) is 10.6. The van der Waals surface area contributed by atoms with Gasteiger partial charge in [0.1, 0.15) is 6.54 Å². The fraction of sp³-hybridized carbons (Fsp3) is 0.812. The quantitative estimate of drug-likeness (QED) is 0.823. The average molecular weight is 344 g/mol. The normalized spacial score (nSPS) is 19.1. The molecule has 6 nitrogen and oxygen atoms in total. The fourth-order valence-electron chi connectivity index (χ4n) is 2.65. The first-order valence-electron chi connectivity index (χ1n) is 8.01. The van der Waals surface area contributed by atoms with Gasteiger partial charge in [-0.2, -0.15) is 0 Å². The van der Waals surface area contributed by atoms with Gasteiger partial charge in [0.15, 0.2) is 0 Å². The van der Waals surface area contributed by atoms with E-state index in [4.69, 9.17) is 5.11 Å². The number of carbonyl (C=O) groups excluding carboxylic acids is 2. The zero-order valence-corrected chi connectivity index (χ0v) is 15.3. The zero-order chi connectivity index (χ0) is 17.6. The summed E-state index contributed by atoms with van der Waals surface area (Å²) in [4.78, 5) is 38.2. The van der Waals surface area contributed by atoms with Gasteiger partial charge in [-0.05, 0) is 19.3 Å². The zero-order valence-electron chi connectivity index (χ0n) is 14.5. The third-order valence-electron chi connectivity index (χ3n) is 3.83. The summed E-state index contributed by atoms with van der Waals surface area (Å²) in [5, 5.41) is 8.96. The Hall–Kier alpha value is -1.24. The first kappa shape index (κ1) is 19.8. The van der Waals surface area contributed by atoms with Crippen molar-refractivity contribution in [2.75, 3.05) is 25.4 Å². The van der Waals surface area contributed by atoms with Crippen molar-refractivity contribution in [1.82, 2.24) is 9.80 Å². The molecule has 0 aromatic carbocycles. The lowest BCUT2D eigenvalue weighted by atomic mass is 10.1. The Labute approximate surface area is 142 Å². The van der Waals surface area contributed by atoms with Crippen LogP contribution in [0.4, 0.5) is 0 Å². The summed E-state index contributed by atoms with van der Waals surface area (Å²) in [6, 6.07) is -0.100. The lowest BCUT2D eigenvalue weighted by Gasteiger charge is -2.29. The van der Waals surface area contributed by atoms with Crippen molar-refractivity contribution in [1.29, 1.82) is 0 Å². The average Bonchev–Trinajstić information content (AvgIpc) is 2.66. The molecule has 0 bridgehead atoms. The lowest BCUT2D eigenvalue weighted by molar-refractivity contribution is -0.145. The molecular formula is C16H28N2O4S. The summed E-state index contributed by atoms with van der Waals surface area (Å²) in [6.45, 7) is 8.64. The Bertz CT molecular complexity index is 448. The van der Waals surface area contributed by atoms with E-state index in [1.165, 1.54) is 11.8 Å². The van der Waals surface area contributed by atoms with Gasteiger partial charge >= 0.3 is 5.97 Å². The van der Waals surface area contributed by atoms with Crippen LogP contribution >= 0.6 is 11.8 Å². The molecule has 0 aromatic rings. The van der Waals surface area contributed by atoms with Crippen molar-refractivity contribution >= 4 is 29.5 Å². The van der Waals surface area contributed by atoms with Gasteiger partial charge < -0.3 is 14.9 Å². The lowest BCUT2D eigenvalue weighted by Crippen LogP contribution is -2.43. The second-order valence-electron chi connectivity index (χ2n) is 6.91. The summed E-state index contributed by atoms with van der Waals surface area (Å²) in [6.07, 6.45) is 2.17. The van der Waals surface area contributed by atoms with E-state index >= 15 is 0 Å². The van der Waals surface area contributed by atoms with Gasteiger partial charge in [-0.3, -0.25) is 14.4 Å². The van der Waals surface area contributed by atoms with E-state index in [1.54, 1.807) is 11.8 Å². The van der Waals surface area contributed by atoms with Crippen molar-refractivity contribution < 1.29 is 19.5 Å². The molecule has 1 unspecified atom stereocenters. The van der Waals surface area contributed by atoms with Crippen LogP contribution in [0, 0.1) is 0 Å². The highest BCUT2D eigenvalue weighted by Crippen LogP contribution is 2.24. The molecule has 1 aliphatic rings. The molecule has 1 saturated heterocycles. The summed E-state index contributed by atoms with van der Waals surface area (Å²) in [7, 11) is 0. The topological polar surface area (TPSA) is 77.9 Å². The molecule has 7 heteroatoms. The highest BCUT2D eigenvalue weighted by molar-refractivity contribution is 8.01. The van der Waals surface area contributed by atoms with Gasteiger partial charge in [0.05, 0.1) is 5.75 Å². The Morgan fingerprint density at radius 1 is 1.22 bits per heavy atom. The van der Waals surface area contributed by atoms with Crippen molar-refractivity contribution in [3.05, 3.63) is 0 Å². The predicted molar refractivity (Wildman–Crippen MR) is 91.5 cm³/mol. The number of carboxylic acid groups (broad SMARTS) is 1. The SMILES string of the molecule is CC(=O)N(CC(=O)O)C1CCCN(C(=O)CSC(C)(C)C)CC1. The van der Waals surface area contributed by atoms with Crippen molar-refractivity contribution in [3.8, 4) is 0 Å². The number of aliphatic carboxylic acids is 1. The maximum absolute atomic E-state index is 12.3. The smallest absolute Gasteiger partial charge is 0.323 e. The molecule has 0 radical (unpaired) electrons. The van der Waals surface area contributed by atoms with Crippen LogP contribution in [0.15, 0.2) is 0 Å². The second kappa shape index (κ2) is 8.57. The molecule has 0 aliphatic carbocycles. The summed E-state index contributed by atoms with van der Waals surface area (Å²) in [5.74, 6) is -0.641. The van der Waals surface area contributed by atoms with Crippen LogP contribution in [0.1, 0.15) is 47.0 Å². The largest absolute Gasteiger partial charge is 0.480 e. The molecule has 1 rings (SSSR count). The molecule has 23 heavy (non-hydrogen) atoms. The van der Waals surface area contributed by atoms with Crippen molar-refractivity contribution in [2.24, 2.45) is 0 Å². The van der Waals surface area contributed by atoms with E-state index < -0.39 is 5.97 Å². The summed E-state index contributed by atoms with van der Waals surface area (Å²) in [5.41, 5.74) is 0. The van der Waals surface area contributed by atoms with E-state index in [-0.39, 0.29) is 29.1 Å². The molecule has 132 valence electrons.